The highest BCUT2D eigenvalue weighted by atomic mass is 16.6. The third-order valence-corrected chi connectivity index (χ3v) is 8.97. The molecule has 0 saturated carbocycles. The quantitative estimate of drug-likeness (QED) is 0.147. The molecule has 220 valence electrons. The van der Waals surface area contributed by atoms with Gasteiger partial charge in [-0.25, -0.2) is 0 Å². The first kappa shape index (κ1) is 31.3. The van der Waals surface area contributed by atoms with Gasteiger partial charge in [0.2, 0.25) is 11.8 Å². The van der Waals surface area contributed by atoms with E-state index in [1.165, 1.54) is 0 Å². The van der Waals surface area contributed by atoms with Gasteiger partial charge in [0.1, 0.15) is 17.6 Å². The second kappa shape index (κ2) is 14.4. The van der Waals surface area contributed by atoms with Gasteiger partial charge in [-0.3, -0.25) is 14.4 Å². The van der Waals surface area contributed by atoms with E-state index in [1.54, 1.807) is 15.9 Å². The van der Waals surface area contributed by atoms with Gasteiger partial charge >= 0.3 is 5.97 Å². The van der Waals surface area contributed by atoms with Crippen molar-refractivity contribution >= 4 is 17.8 Å². The molecule has 0 aliphatic carbocycles. The molecule has 1 N–H and O–H groups in total. The highest BCUT2D eigenvalue weighted by Gasteiger charge is 2.79. The Kier molecular flexibility index (Phi) is 11.6. The number of nitrogens with zero attached hydrogens (tertiary/aromatic N) is 2. The summed E-state index contributed by atoms with van der Waals surface area (Å²) in [5, 5.41) is 9.14. The van der Waals surface area contributed by atoms with Crippen molar-refractivity contribution in [2.75, 3.05) is 32.8 Å². The van der Waals surface area contributed by atoms with Crippen molar-refractivity contribution in [2.45, 2.75) is 108 Å². The number of carbonyl (C=O) groups excluding carboxylic acids is 3. The Bertz CT molecular complexity index is 877. The standard InChI is InChI=1S/C31H50N2O6/c1-5-9-11-16-23-38-29(37)25-24-27(35)33(21-14-12-13-15-22-34)26(28(36)32(19-7-3)20-10-6-2)31(24)18-17-30(25,8-4)39-31/h5,7,24-26,34H,1,3,6,8-23H2,2,4H3/t24-,25-,26?,30+,31?/m0/s1. The molecule has 3 saturated heterocycles. The van der Waals surface area contributed by atoms with Gasteiger partial charge in [-0.2, -0.15) is 0 Å². The molecule has 3 aliphatic rings. The molecule has 3 rings (SSSR count). The van der Waals surface area contributed by atoms with E-state index < -0.39 is 29.1 Å². The van der Waals surface area contributed by atoms with Crippen molar-refractivity contribution in [1.29, 1.82) is 0 Å². The van der Waals surface area contributed by atoms with Crippen LogP contribution in [0.1, 0.15) is 90.9 Å². The van der Waals surface area contributed by atoms with Crippen LogP contribution in [0, 0.1) is 11.8 Å². The van der Waals surface area contributed by atoms with Crippen LogP contribution < -0.4 is 0 Å². The Hall–Kier alpha value is -2.19. The summed E-state index contributed by atoms with van der Waals surface area (Å²) in [5.41, 5.74) is -1.80. The van der Waals surface area contributed by atoms with Crippen LogP contribution in [-0.4, -0.2) is 82.8 Å². The van der Waals surface area contributed by atoms with Gasteiger partial charge in [0.15, 0.2) is 0 Å². The molecule has 8 heteroatoms. The number of amides is 2. The minimum absolute atomic E-state index is 0.111. The van der Waals surface area contributed by atoms with Gasteiger partial charge in [-0.15, -0.1) is 13.2 Å². The summed E-state index contributed by atoms with van der Waals surface area (Å²) in [7, 11) is 0. The average molecular weight is 547 g/mol. The summed E-state index contributed by atoms with van der Waals surface area (Å²) in [6.45, 7) is 13.6. The molecule has 39 heavy (non-hydrogen) atoms. The molecule has 0 aromatic rings. The van der Waals surface area contributed by atoms with Gasteiger partial charge < -0.3 is 24.4 Å². The molecule has 2 unspecified atom stereocenters. The summed E-state index contributed by atoms with van der Waals surface area (Å²) in [4.78, 5) is 45.5. The maximum absolute atomic E-state index is 14.2. The zero-order chi connectivity index (χ0) is 28.5. The van der Waals surface area contributed by atoms with Gasteiger partial charge in [-0.05, 0) is 57.8 Å². The van der Waals surface area contributed by atoms with Crippen molar-refractivity contribution in [1.82, 2.24) is 9.80 Å². The minimum Gasteiger partial charge on any atom is -0.465 e. The molecule has 3 aliphatic heterocycles. The fourth-order valence-electron chi connectivity index (χ4n) is 6.97. The Labute approximate surface area is 234 Å². The molecule has 1 spiro atoms. The van der Waals surface area contributed by atoms with Crippen LogP contribution in [-0.2, 0) is 23.9 Å². The number of rotatable bonds is 19. The Morgan fingerprint density at radius 2 is 1.87 bits per heavy atom. The summed E-state index contributed by atoms with van der Waals surface area (Å²) < 4.78 is 12.6. The zero-order valence-electron chi connectivity index (χ0n) is 24.2. The molecule has 3 heterocycles. The van der Waals surface area contributed by atoms with E-state index in [1.807, 2.05) is 13.0 Å². The third-order valence-electron chi connectivity index (χ3n) is 8.97. The maximum Gasteiger partial charge on any atom is 0.312 e. The van der Waals surface area contributed by atoms with E-state index in [9.17, 15) is 14.4 Å². The number of likely N-dealkylation sites (tertiary alicyclic amines) is 1. The monoisotopic (exact) mass is 546 g/mol. The zero-order valence-corrected chi connectivity index (χ0v) is 24.2. The number of fused-ring (bicyclic) bond motifs is 1. The third kappa shape index (κ3) is 6.27. The van der Waals surface area contributed by atoms with Crippen molar-refractivity contribution in [3.63, 3.8) is 0 Å². The smallest absolute Gasteiger partial charge is 0.312 e. The topological polar surface area (TPSA) is 96.4 Å². The number of hydrogen-bond donors (Lipinski definition) is 1. The van der Waals surface area contributed by atoms with E-state index in [0.717, 1.165) is 57.8 Å². The number of allylic oxidation sites excluding steroid dienone is 1. The molecule has 8 nitrogen and oxygen atoms in total. The predicted molar refractivity (Wildman–Crippen MR) is 151 cm³/mol. The second-order valence-electron chi connectivity index (χ2n) is 11.4. The number of aliphatic hydroxyl groups excluding tert-OH is 1. The lowest BCUT2D eigenvalue weighted by Gasteiger charge is -2.37. The number of aliphatic hydroxyl groups is 1. The van der Waals surface area contributed by atoms with E-state index in [-0.39, 0.29) is 24.4 Å². The molecule has 5 atom stereocenters. The number of esters is 1. The first-order chi connectivity index (χ1) is 18.9. The van der Waals surface area contributed by atoms with Crippen molar-refractivity contribution in [3.05, 3.63) is 25.3 Å². The maximum atomic E-state index is 14.2. The van der Waals surface area contributed by atoms with Gasteiger partial charge in [0, 0.05) is 26.2 Å². The Morgan fingerprint density at radius 3 is 2.54 bits per heavy atom. The normalized spacial score (nSPS) is 28.9. The van der Waals surface area contributed by atoms with Crippen LogP contribution in [0.2, 0.25) is 0 Å². The van der Waals surface area contributed by atoms with E-state index >= 15 is 0 Å². The van der Waals surface area contributed by atoms with Crippen LogP contribution in [0.5, 0.6) is 0 Å². The van der Waals surface area contributed by atoms with Crippen LogP contribution >= 0.6 is 0 Å². The Morgan fingerprint density at radius 1 is 1.10 bits per heavy atom. The number of carbonyl (C=O) groups is 3. The highest BCUT2D eigenvalue weighted by Crippen LogP contribution is 2.64. The number of unbranched alkanes of at least 4 members (excludes halogenated alkanes) is 6. The van der Waals surface area contributed by atoms with Gasteiger partial charge in [0.05, 0.1) is 18.1 Å². The molecule has 2 amide bonds. The largest absolute Gasteiger partial charge is 0.465 e. The lowest BCUT2D eigenvalue weighted by Crippen LogP contribution is -2.56. The molecular formula is C31H50N2O6. The first-order valence-corrected chi connectivity index (χ1v) is 15.2. The molecular weight excluding hydrogens is 496 g/mol. The average Bonchev–Trinajstić information content (AvgIpc) is 3.54. The lowest BCUT2D eigenvalue weighted by atomic mass is 9.65. The van der Waals surface area contributed by atoms with E-state index in [2.05, 4.69) is 20.1 Å². The lowest BCUT2D eigenvalue weighted by molar-refractivity contribution is -0.162. The molecule has 0 aromatic heterocycles. The van der Waals surface area contributed by atoms with Crippen LogP contribution in [0.25, 0.3) is 0 Å². The molecule has 0 aromatic carbocycles. The molecule has 2 bridgehead atoms. The SMILES string of the molecule is C=CCCCCOC(=O)[C@@H]1[C@H]2C(=O)N(CCCCCCO)C(C(=O)N(CC=C)CCCC)C23CC[C@@]1(CC)O3. The highest BCUT2D eigenvalue weighted by molar-refractivity contribution is 5.98. The van der Waals surface area contributed by atoms with Gasteiger partial charge in [-0.1, -0.05) is 45.3 Å². The molecule has 3 fully saturated rings. The second-order valence-corrected chi connectivity index (χ2v) is 11.4. The van der Waals surface area contributed by atoms with Crippen LogP contribution in [0.15, 0.2) is 25.3 Å². The first-order valence-electron chi connectivity index (χ1n) is 15.2. The van der Waals surface area contributed by atoms with Crippen molar-refractivity contribution < 1.29 is 29.0 Å². The van der Waals surface area contributed by atoms with Crippen molar-refractivity contribution in [3.8, 4) is 0 Å². The van der Waals surface area contributed by atoms with E-state index in [0.29, 0.717) is 45.5 Å². The number of hydrogen-bond acceptors (Lipinski definition) is 6. The molecule has 0 radical (unpaired) electrons. The number of ether oxygens (including phenoxy) is 2. The summed E-state index contributed by atoms with van der Waals surface area (Å²) in [6.07, 6.45) is 12.8. The minimum atomic E-state index is -1.02. The van der Waals surface area contributed by atoms with Crippen molar-refractivity contribution in [2.24, 2.45) is 11.8 Å². The van der Waals surface area contributed by atoms with Crippen LogP contribution in [0.3, 0.4) is 0 Å². The summed E-state index contributed by atoms with van der Waals surface area (Å²) in [6, 6.07) is -0.761. The fourth-order valence-corrected chi connectivity index (χ4v) is 6.97. The van der Waals surface area contributed by atoms with E-state index in [4.69, 9.17) is 14.6 Å². The predicted octanol–water partition coefficient (Wildman–Crippen LogP) is 4.41. The summed E-state index contributed by atoms with van der Waals surface area (Å²) in [5.74, 6) is -2.07. The summed E-state index contributed by atoms with van der Waals surface area (Å²) >= 11 is 0. The van der Waals surface area contributed by atoms with Crippen LogP contribution in [0.4, 0.5) is 0 Å². The Balaban J connectivity index is 1.92. The van der Waals surface area contributed by atoms with Gasteiger partial charge in [0.25, 0.3) is 0 Å². The fraction of sp³-hybridized carbons (Fsp3) is 0.774.